The lowest BCUT2D eigenvalue weighted by Crippen LogP contribution is -2.26. The van der Waals surface area contributed by atoms with Crippen LogP contribution in [0.15, 0.2) is 65.5 Å². The number of methoxy groups -OCH3 is 1. The van der Waals surface area contributed by atoms with Gasteiger partial charge in [0.05, 0.1) is 18.9 Å². The van der Waals surface area contributed by atoms with Crippen molar-refractivity contribution in [1.29, 1.82) is 0 Å². The van der Waals surface area contributed by atoms with E-state index in [2.05, 4.69) is 10.4 Å². The highest BCUT2D eigenvalue weighted by molar-refractivity contribution is 6.04. The number of aromatic nitrogens is 2. The number of amides is 1. The molecule has 0 aliphatic carbocycles. The Morgan fingerprint density at radius 3 is 2.44 bits per heavy atom. The molecule has 0 radical (unpaired) electrons. The van der Waals surface area contributed by atoms with Crippen LogP contribution in [-0.4, -0.2) is 22.8 Å². The molecule has 1 heterocycles. The summed E-state index contributed by atoms with van der Waals surface area (Å²) in [5.74, 6) is -0.325. The summed E-state index contributed by atoms with van der Waals surface area (Å²) in [5, 5.41) is 6.99. The van der Waals surface area contributed by atoms with Crippen LogP contribution in [0.3, 0.4) is 0 Å². The maximum Gasteiger partial charge on any atom is 0.279 e. The zero-order valence-corrected chi connectivity index (χ0v) is 13.9. The van der Waals surface area contributed by atoms with Crippen molar-refractivity contribution in [1.82, 2.24) is 9.78 Å². The van der Waals surface area contributed by atoms with Crippen molar-refractivity contribution in [3.63, 3.8) is 0 Å². The number of carbonyl (C=O) groups excluding carboxylic acids is 1. The number of nitrogens with zero attached hydrogens (tertiary/aromatic N) is 2. The number of hydrogen-bond acceptors (Lipinski definition) is 4. The maximum absolute atomic E-state index is 12.6. The lowest BCUT2D eigenvalue weighted by Gasteiger charge is -2.12. The fraction of sp³-hybridized carbons (Fsp3) is 0.105. The normalized spacial score (nSPS) is 10.3. The molecule has 2 aromatic carbocycles. The third-order valence-corrected chi connectivity index (χ3v) is 3.71. The molecule has 3 aromatic rings. The molecule has 0 aliphatic heterocycles. The van der Waals surface area contributed by atoms with Gasteiger partial charge in [-0.2, -0.15) is 9.78 Å². The first kappa shape index (κ1) is 16.4. The predicted octanol–water partition coefficient (Wildman–Crippen LogP) is 2.80. The first-order valence-corrected chi connectivity index (χ1v) is 7.71. The highest BCUT2D eigenvalue weighted by atomic mass is 16.5. The quantitative estimate of drug-likeness (QED) is 0.796. The molecule has 0 aliphatic rings. The highest BCUT2D eigenvalue weighted by Gasteiger charge is 2.18. The fourth-order valence-electron chi connectivity index (χ4n) is 2.44. The molecule has 0 atom stereocenters. The number of benzene rings is 2. The second-order valence-corrected chi connectivity index (χ2v) is 5.42. The SMILES string of the molecule is COc1cc(=O)n(-c2ccccc2C)nc1C(=O)Nc1ccccc1. The minimum Gasteiger partial charge on any atom is -0.494 e. The summed E-state index contributed by atoms with van der Waals surface area (Å²) < 4.78 is 6.38. The zero-order valence-electron chi connectivity index (χ0n) is 13.9. The van der Waals surface area contributed by atoms with Gasteiger partial charge in [0.15, 0.2) is 11.4 Å². The Kier molecular flexibility index (Phi) is 4.61. The molecule has 1 N–H and O–H groups in total. The van der Waals surface area contributed by atoms with Crippen LogP contribution in [0.5, 0.6) is 5.75 Å². The van der Waals surface area contributed by atoms with Crippen LogP contribution in [0, 0.1) is 6.92 Å². The number of ether oxygens (including phenoxy) is 1. The number of hydrogen-bond donors (Lipinski definition) is 1. The van der Waals surface area contributed by atoms with Gasteiger partial charge < -0.3 is 10.1 Å². The van der Waals surface area contributed by atoms with E-state index in [4.69, 9.17) is 4.74 Å². The minimum absolute atomic E-state index is 0.0363. The molecule has 6 nitrogen and oxygen atoms in total. The Morgan fingerprint density at radius 2 is 1.76 bits per heavy atom. The number of anilines is 1. The maximum atomic E-state index is 12.6. The van der Waals surface area contributed by atoms with Crippen molar-refractivity contribution >= 4 is 11.6 Å². The van der Waals surface area contributed by atoms with Gasteiger partial charge in [-0.05, 0) is 30.7 Å². The Balaban J connectivity index is 2.07. The molecule has 126 valence electrons. The molecule has 0 unspecified atom stereocenters. The van der Waals surface area contributed by atoms with Gasteiger partial charge in [0, 0.05) is 5.69 Å². The van der Waals surface area contributed by atoms with E-state index in [9.17, 15) is 9.59 Å². The monoisotopic (exact) mass is 335 g/mol. The van der Waals surface area contributed by atoms with Crippen molar-refractivity contribution in [2.75, 3.05) is 12.4 Å². The van der Waals surface area contributed by atoms with Gasteiger partial charge in [0.1, 0.15) is 0 Å². The van der Waals surface area contributed by atoms with E-state index in [0.717, 1.165) is 5.56 Å². The van der Waals surface area contributed by atoms with Crippen molar-refractivity contribution < 1.29 is 9.53 Å². The van der Waals surface area contributed by atoms with E-state index in [1.54, 1.807) is 18.2 Å². The van der Waals surface area contributed by atoms with Crippen LogP contribution in [0.25, 0.3) is 5.69 Å². The average molecular weight is 335 g/mol. The lowest BCUT2D eigenvalue weighted by molar-refractivity contribution is 0.101. The molecule has 6 heteroatoms. The third-order valence-electron chi connectivity index (χ3n) is 3.71. The topological polar surface area (TPSA) is 73.2 Å². The summed E-state index contributed by atoms with van der Waals surface area (Å²) in [6.07, 6.45) is 0. The van der Waals surface area contributed by atoms with Gasteiger partial charge >= 0.3 is 0 Å². The minimum atomic E-state index is -0.453. The molecule has 0 fully saturated rings. The van der Waals surface area contributed by atoms with Gasteiger partial charge in [0.25, 0.3) is 11.5 Å². The number of nitrogens with one attached hydrogen (secondary N) is 1. The van der Waals surface area contributed by atoms with E-state index >= 15 is 0 Å². The van der Waals surface area contributed by atoms with Crippen LogP contribution in [-0.2, 0) is 0 Å². The summed E-state index contributed by atoms with van der Waals surface area (Å²) >= 11 is 0. The summed E-state index contributed by atoms with van der Waals surface area (Å²) in [6.45, 7) is 1.87. The van der Waals surface area contributed by atoms with E-state index in [0.29, 0.717) is 11.4 Å². The first-order chi connectivity index (χ1) is 12.1. The number of aryl methyl sites for hydroxylation is 1. The molecule has 3 rings (SSSR count). The molecule has 0 saturated heterocycles. The van der Waals surface area contributed by atoms with Gasteiger partial charge in [-0.15, -0.1) is 0 Å². The third kappa shape index (κ3) is 3.42. The summed E-state index contributed by atoms with van der Waals surface area (Å²) in [4.78, 5) is 25.0. The van der Waals surface area contributed by atoms with Crippen molar-refractivity contribution in [3.05, 3.63) is 82.3 Å². The molecule has 0 saturated carbocycles. The number of rotatable bonds is 4. The second kappa shape index (κ2) is 7.00. The second-order valence-electron chi connectivity index (χ2n) is 5.42. The summed E-state index contributed by atoms with van der Waals surface area (Å²) in [6, 6.07) is 17.6. The lowest BCUT2D eigenvalue weighted by atomic mass is 10.2. The molecule has 0 bridgehead atoms. The van der Waals surface area contributed by atoms with Crippen LogP contribution in [0.2, 0.25) is 0 Å². The summed E-state index contributed by atoms with van der Waals surface area (Å²) in [5.41, 5.74) is 1.78. The fourth-order valence-corrected chi connectivity index (χ4v) is 2.44. The molecule has 1 aromatic heterocycles. The van der Waals surface area contributed by atoms with Crippen LogP contribution < -0.4 is 15.6 Å². The van der Waals surface area contributed by atoms with Crippen molar-refractivity contribution in [3.8, 4) is 11.4 Å². The Labute approximate surface area is 144 Å². The predicted molar refractivity (Wildman–Crippen MR) is 95.5 cm³/mol. The molecule has 1 amide bonds. The Bertz CT molecular complexity index is 965. The molecule has 25 heavy (non-hydrogen) atoms. The van der Waals surface area contributed by atoms with Gasteiger partial charge in [-0.1, -0.05) is 36.4 Å². The van der Waals surface area contributed by atoms with E-state index < -0.39 is 5.91 Å². The smallest absolute Gasteiger partial charge is 0.279 e. The van der Waals surface area contributed by atoms with Gasteiger partial charge in [-0.3, -0.25) is 9.59 Å². The van der Waals surface area contributed by atoms with Crippen LogP contribution >= 0.6 is 0 Å². The first-order valence-electron chi connectivity index (χ1n) is 7.71. The number of carbonyl (C=O) groups is 1. The molecular formula is C19H17N3O3. The van der Waals surface area contributed by atoms with Gasteiger partial charge in [-0.25, -0.2) is 0 Å². The Hall–Kier alpha value is -3.41. The molecule has 0 spiro atoms. The summed E-state index contributed by atoms with van der Waals surface area (Å²) in [7, 11) is 1.40. The van der Waals surface area contributed by atoms with Crippen molar-refractivity contribution in [2.45, 2.75) is 6.92 Å². The molecular weight excluding hydrogens is 318 g/mol. The van der Waals surface area contributed by atoms with Crippen molar-refractivity contribution in [2.24, 2.45) is 0 Å². The standard InChI is InChI=1S/C19H17N3O3/c1-13-8-6-7-11-15(13)22-17(23)12-16(25-2)18(21-22)19(24)20-14-9-4-3-5-10-14/h3-12H,1-2H3,(H,20,24). The highest BCUT2D eigenvalue weighted by Crippen LogP contribution is 2.17. The Morgan fingerprint density at radius 1 is 1.08 bits per heavy atom. The van der Waals surface area contributed by atoms with Crippen LogP contribution in [0.4, 0.5) is 5.69 Å². The zero-order chi connectivity index (χ0) is 17.8. The van der Waals surface area contributed by atoms with E-state index in [1.807, 2.05) is 43.3 Å². The number of para-hydroxylation sites is 2. The van der Waals surface area contributed by atoms with E-state index in [1.165, 1.54) is 17.9 Å². The van der Waals surface area contributed by atoms with Crippen LogP contribution in [0.1, 0.15) is 16.1 Å². The van der Waals surface area contributed by atoms with Gasteiger partial charge in [0.2, 0.25) is 0 Å². The average Bonchev–Trinajstić information content (AvgIpc) is 2.63. The largest absolute Gasteiger partial charge is 0.494 e. The van der Waals surface area contributed by atoms with E-state index in [-0.39, 0.29) is 17.0 Å².